The van der Waals surface area contributed by atoms with Crippen LogP contribution >= 0.6 is 0 Å². The lowest BCUT2D eigenvalue weighted by molar-refractivity contribution is -0.139. The molecule has 256 valence electrons. The molecule has 0 spiro atoms. The second kappa shape index (κ2) is 14.9. The van der Waals surface area contributed by atoms with E-state index < -0.39 is 35.6 Å². The van der Waals surface area contributed by atoms with Gasteiger partial charge in [-0.05, 0) is 81.2 Å². The molecule has 2 heterocycles. The first-order valence-electron chi connectivity index (χ1n) is 16.8. The van der Waals surface area contributed by atoms with Crippen LogP contribution in [0.15, 0.2) is 30.5 Å². The van der Waals surface area contributed by atoms with Crippen LogP contribution in [0.25, 0.3) is 0 Å². The molecule has 0 radical (unpaired) electrons. The van der Waals surface area contributed by atoms with Crippen molar-refractivity contribution >= 4 is 29.3 Å². The molecule has 0 unspecified atom stereocenters. The van der Waals surface area contributed by atoms with Crippen molar-refractivity contribution in [2.24, 2.45) is 17.8 Å². The number of anilines is 1. The molecule has 13 heteroatoms. The number of hydrogen-bond acceptors (Lipinski definition) is 7. The van der Waals surface area contributed by atoms with Gasteiger partial charge in [0.2, 0.25) is 17.7 Å². The summed E-state index contributed by atoms with van der Waals surface area (Å²) in [5, 5.41) is 22.0. The van der Waals surface area contributed by atoms with Crippen molar-refractivity contribution in [3.63, 3.8) is 0 Å². The van der Waals surface area contributed by atoms with Gasteiger partial charge in [-0.2, -0.15) is 5.10 Å². The first kappa shape index (κ1) is 34.5. The van der Waals surface area contributed by atoms with E-state index in [0.717, 1.165) is 32.2 Å². The molecule has 1 aromatic carbocycles. The molecular weight excluding hydrogens is 605 g/mol. The van der Waals surface area contributed by atoms with E-state index in [4.69, 9.17) is 0 Å². The van der Waals surface area contributed by atoms with Gasteiger partial charge in [-0.25, -0.2) is 4.39 Å². The summed E-state index contributed by atoms with van der Waals surface area (Å²) in [6, 6.07) is 4.37. The largest absolute Gasteiger partial charge is 0.394 e. The normalized spacial score (nSPS) is 20.4. The molecule has 47 heavy (non-hydrogen) atoms. The van der Waals surface area contributed by atoms with Crippen molar-refractivity contribution in [1.82, 2.24) is 30.2 Å². The molecule has 12 nitrogen and oxygen atoms in total. The molecule has 1 saturated heterocycles. The highest BCUT2D eigenvalue weighted by Gasteiger charge is 2.48. The minimum absolute atomic E-state index is 0.0331. The smallest absolute Gasteiger partial charge is 0.270 e. The second-order valence-corrected chi connectivity index (χ2v) is 13.4. The van der Waals surface area contributed by atoms with Gasteiger partial charge in [0.05, 0.1) is 18.8 Å². The second-order valence-electron chi connectivity index (χ2n) is 13.4. The highest BCUT2D eigenvalue weighted by atomic mass is 19.1. The van der Waals surface area contributed by atoms with Gasteiger partial charge in [0, 0.05) is 44.2 Å². The van der Waals surface area contributed by atoms with Gasteiger partial charge in [0.1, 0.15) is 23.6 Å². The quantitative estimate of drug-likeness (QED) is 0.245. The molecule has 3 aliphatic rings. The zero-order chi connectivity index (χ0) is 33.8. The van der Waals surface area contributed by atoms with E-state index in [0.29, 0.717) is 30.5 Å². The van der Waals surface area contributed by atoms with Crippen LogP contribution in [0.4, 0.5) is 10.1 Å². The third-order valence-electron chi connectivity index (χ3n) is 10.00. The molecule has 5 rings (SSSR count). The topological polar surface area (TPSA) is 149 Å². The number of likely N-dealkylation sites (N-methyl/N-ethyl adjacent to an activating group) is 1. The molecule has 3 fully saturated rings. The molecule has 2 aliphatic carbocycles. The predicted molar refractivity (Wildman–Crippen MR) is 174 cm³/mol. The number of nitrogens with zero attached hydrogens (tertiary/aromatic N) is 4. The van der Waals surface area contributed by atoms with Crippen LogP contribution in [-0.2, 0) is 20.9 Å². The van der Waals surface area contributed by atoms with Crippen molar-refractivity contribution in [3.05, 3.63) is 47.5 Å². The average molecular weight is 654 g/mol. The van der Waals surface area contributed by atoms with Crippen LogP contribution in [0.2, 0.25) is 0 Å². The van der Waals surface area contributed by atoms with Gasteiger partial charge >= 0.3 is 0 Å². The number of carbonyl (C=O) groups is 4. The Morgan fingerprint density at radius 1 is 1.04 bits per heavy atom. The summed E-state index contributed by atoms with van der Waals surface area (Å²) < 4.78 is 17.1. The van der Waals surface area contributed by atoms with Gasteiger partial charge in [-0.3, -0.25) is 23.9 Å². The van der Waals surface area contributed by atoms with Gasteiger partial charge < -0.3 is 30.9 Å². The molecule has 4 atom stereocenters. The van der Waals surface area contributed by atoms with Crippen LogP contribution < -0.4 is 16.0 Å². The average Bonchev–Trinajstić information content (AvgIpc) is 4.00. The fraction of sp³-hybridized carbons (Fsp3) is 0.618. The standard InChI is InChI=1S/C34H48FN7O5/c1-5-28(44)38-30(34(47)41-15-14-40(4)20(2)19-41)21(3)24-10-11-26(25(35)18-24)37-33(46)31(29(22-6-7-22)23-8-9-23)39-32(45)27-12-13-36-42(27)16-17-43/h10-13,18,20-23,29-31,43H,5-9,14-17,19H2,1-4H3,(H,37,46)(H,38,44)(H,39,45)/t20-,21+,30-,31+/m1/s1. The summed E-state index contributed by atoms with van der Waals surface area (Å²) in [6.07, 6.45) is 5.59. The SMILES string of the molecule is CCC(=O)N[C@@H](C(=O)N1CCN(C)[C@H](C)C1)[C@@H](C)c1ccc(NC(=O)[C@@H](NC(=O)c2ccnn2CCO)C(C2CC2)C2CC2)c(F)c1. The van der Waals surface area contributed by atoms with Crippen molar-refractivity contribution in [2.75, 3.05) is 38.6 Å². The number of carbonyl (C=O) groups excluding carboxylic acids is 4. The van der Waals surface area contributed by atoms with E-state index in [9.17, 15) is 24.3 Å². The van der Waals surface area contributed by atoms with Crippen LogP contribution in [0.1, 0.15) is 74.8 Å². The lowest BCUT2D eigenvalue weighted by atomic mass is 9.88. The minimum Gasteiger partial charge on any atom is -0.394 e. The molecule has 1 aromatic heterocycles. The maximum absolute atomic E-state index is 15.7. The van der Waals surface area contributed by atoms with Crippen molar-refractivity contribution < 1.29 is 28.7 Å². The number of rotatable bonds is 14. The molecule has 1 aliphatic heterocycles. The van der Waals surface area contributed by atoms with E-state index in [2.05, 4.69) is 25.9 Å². The number of piperazine rings is 1. The number of aliphatic hydroxyl groups excluding tert-OH is 1. The van der Waals surface area contributed by atoms with E-state index in [-0.39, 0.29) is 54.7 Å². The molecule has 0 bridgehead atoms. The Balaban J connectivity index is 1.33. The van der Waals surface area contributed by atoms with E-state index in [1.54, 1.807) is 24.8 Å². The predicted octanol–water partition coefficient (Wildman–Crippen LogP) is 2.35. The van der Waals surface area contributed by atoms with Gasteiger partial charge in [0.15, 0.2) is 0 Å². The van der Waals surface area contributed by atoms with Gasteiger partial charge in [0.25, 0.3) is 5.91 Å². The van der Waals surface area contributed by atoms with Crippen LogP contribution in [0, 0.1) is 23.6 Å². The lowest BCUT2D eigenvalue weighted by Crippen LogP contribution is -2.58. The van der Waals surface area contributed by atoms with E-state index >= 15 is 4.39 Å². The molecular formula is C34H48FN7O5. The molecule has 2 aromatic rings. The fourth-order valence-corrected chi connectivity index (χ4v) is 6.68. The number of amides is 4. The lowest BCUT2D eigenvalue weighted by Gasteiger charge is -2.40. The highest BCUT2D eigenvalue weighted by molar-refractivity contribution is 6.01. The number of aromatic nitrogens is 2. The van der Waals surface area contributed by atoms with Crippen molar-refractivity contribution in [2.45, 2.75) is 83.5 Å². The summed E-state index contributed by atoms with van der Waals surface area (Å²) in [7, 11) is 2.01. The molecule has 2 saturated carbocycles. The Hall–Kier alpha value is -3.84. The first-order chi connectivity index (χ1) is 22.5. The summed E-state index contributed by atoms with van der Waals surface area (Å²) >= 11 is 0. The monoisotopic (exact) mass is 653 g/mol. The van der Waals surface area contributed by atoms with E-state index in [1.807, 2.05) is 14.0 Å². The maximum atomic E-state index is 15.7. The van der Waals surface area contributed by atoms with Crippen LogP contribution in [-0.4, -0.2) is 99.7 Å². The Morgan fingerprint density at radius 2 is 1.74 bits per heavy atom. The zero-order valence-electron chi connectivity index (χ0n) is 27.7. The van der Waals surface area contributed by atoms with Crippen LogP contribution in [0.5, 0.6) is 0 Å². The maximum Gasteiger partial charge on any atom is 0.270 e. The third kappa shape index (κ3) is 8.18. The number of nitrogens with one attached hydrogen (secondary N) is 3. The summed E-state index contributed by atoms with van der Waals surface area (Å²) in [5.41, 5.74) is 0.708. The highest BCUT2D eigenvalue weighted by Crippen LogP contribution is 2.51. The fourth-order valence-electron chi connectivity index (χ4n) is 6.68. The Kier molecular flexibility index (Phi) is 11.0. The summed E-state index contributed by atoms with van der Waals surface area (Å²) in [5.74, 6) is -2.12. The third-order valence-corrected chi connectivity index (χ3v) is 10.00. The number of aliphatic hydroxyl groups is 1. The Bertz CT molecular complexity index is 1450. The Labute approximate surface area is 275 Å². The van der Waals surface area contributed by atoms with Crippen LogP contribution in [0.3, 0.4) is 0 Å². The Morgan fingerprint density at radius 3 is 2.34 bits per heavy atom. The molecule has 4 N–H and O–H groups in total. The summed E-state index contributed by atoms with van der Waals surface area (Å²) in [6.45, 7) is 7.28. The minimum atomic E-state index is -0.880. The van der Waals surface area contributed by atoms with Crippen molar-refractivity contribution in [3.8, 4) is 0 Å². The van der Waals surface area contributed by atoms with Gasteiger partial charge in [-0.1, -0.05) is 19.9 Å². The van der Waals surface area contributed by atoms with Crippen molar-refractivity contribution in [1.29, 1.82) is 0 Å². The number of benzene rings is 1. The number of halogens is 1. The van der Waals surface area contributed by atoms with E-state index in [1.165, 1.54) is 29.1 Å². The zero-order valence-corrected chi connectivity index (χ0v) is 27.7. The van der Waals surface area contributed by atoms with Gasteiger partial charge in [-0.15, -0.1) is 0 Å². The first-order valence-corrected chi connectivity index (χ1v) is 16.8. The summed E-state index contributed by atoms with van der Waals surface area (Å²) in [4.78, 5) is 57.3. The molecule has 4 amide bonds. The number of hydrogen-bond donors (Lipinski definition) is 4.